The van der Waals surface area contributed by atoms with Crippen molar-refractivity contribution in [2.75, 3.05) is 41.0 Å². The van der Waals surface area contributed by atoms with Crippen molar-refractivity contribution in [1.82, 2.24) is 0 Å². The molecular weight excluding hydrogens is 751 g/mol. The van der Waals surface area contributed by atoms with Crippen LogP contribution in [0, 0.1) is 0 Å². The van der Waals surface area contributed by atoms with Gasteiger partial charge in [0.1, 0.15) is 6.61 Å². The number of likely N-dealkylation sites (N-methyl/N-ethyl adjacent to an activating group) is 1. The summed E-state index contributed by atoms with van der Waals surface area (Å²) in [4.78, 5) is 37.1. The van der Waals surface area contributed by atoms with Gasteiger partial charge in [-0.05, 0) is 70.6 Å². The molecule has 2 atom stereocenters. The van der Waals surface area contributed by atoms with Gasteiger partial charge in [-0.1, -0.05) is 172 Å². The average molecular weight is 847 g/mol. The van der Waals surface area contributed by atoms with E-state index in [0.717, 1.165) is 44.9 Å². The summed E-state index contributed by atoms with van der Waals surface area (Å²) in [6, 6.07) is -0.615. The van der Waals surface area contributed by atoms with Crippen LogP contribution < -0.4 is 0 Å². The molecule has 0 saturated carbocycles. The molecule has 0 spiro atoms. The minimum atomic E-state index is -0.875. The second-order valence-electron chi connectivity index (χ2n) is 18.1. The van der Waals surface area contributed by atoms with E-state index < -0.39 is 18.1 Å². The maximum atomic E-state index is 12.8. The predicted molar refractivity (Wildman–Crippen MR) is 252 cm³/mol. The van der Waals surface area contributed by atoms with E-state index in [-0.39, 0.29) is 36.2 Å². The molecule has 0 saturated heterocycles. The third-order valence-electron chi connectivity index (χ3n) is 11.3. The van der Waals surface area contributed by atoms with Crippen LogP contribution in [0.4, 0.5) is 0 Å². The Bertz CT molecular complexity index is 1080. The molecule has 2 unspecified atom stereocenters. The molecule has 0 amide bonds. The smallest absolute Gasteiger partial charge is 0.362 e. The fourth-order valence-electron chi connectivity index (χ4n) is 7.35. The summed E-state index contributed by atoms with van der Waals surface area (Å²) in [5, 5.41) is 9.64. The van der Waals surface area contributed by atoms with Gasteiger partial charge in [0, 0.05) is 19.3 Å². The number of carbonyl (C=O) groups excluding carboxylic acids is 2. The van der Waals surface area contributed by atoms with E-state index >= 15 is 0 Å². The Morgan fingerprint density at radius 1 is 0.500 bits per heavy atom. The lowest BCUT2D eigenvalue weighted by atomic mass is 10.1. The van der Waals surface area contributed by atoms with Crippen molar-refractivity contribution in [3.63, 3.8) is 0 Å². The van der Waals surface area contributed by atoms with Gasteiger partial charge in [-0.15, -0.1) is 0 Å². The van der Waals surface area contributed by atoms with E-state index in [1.807, 2.05) is 21.1 Å². The van der Waals surface area contributed by atoms with Crippen LogP contribution in [0.1, 0.15) is 226 Å². The molecule has 60 heavy (non-hydrogen) atoms. The van der Waals surface area contributed by atoms with Crippen LogP contribution in [0.15, 0.2) is 36.5 Å². The van der Waals surface area contributed by atoms with E-state index in [2.05, 4.69) is 50.3 Å². The van der Waals surface area contributed by atoms with E-state index in [4.69, 9.17) is 14.2 Å². The highest BCUT2D eigenvalue weighted by Crippen LogP contribution is 2.15. The molecule has 0 heterocycles. The molecule has 0 radical (unpaired) electrons. The van der Waals surface area contributed by atoms with Crippen molar-refractivity contribution in [1.29, 1.82) is 0 Å². The van der Waals surface area contributed by atoms with Gasteiger partial charge in [-0.25, -0.2) is 4.79 Å². The van der Waals surface area contributed by atoms with Crippen molar-refractivity contribution < 1.29 is 38.2 Å². The third-order valence-corrected chi connectivity index (χ3v) is 11.3. The van der Waals surface area contributed by atoms with E-state index in [0.29, 0.717) is 19.3 Å². The largest absolute Gasteiger partial charge is 0.477 e. The lowest BCUT2D eigenvalue weighted by Gasteiger charge is -2.31. The SMILES string of the molecule is CCCCC/C=C\C/C=C\CCCCCCCCCCCC(=O)OC(COCCC(C(=O)O)[N+](C)(C)C)COC(=O)CCCCCCCCC/C=C\CCCCCCCC. The maximum absolute atomic E-state index is 12.8. The molecule has 1 N–H and O–H groups in total. The fourth-order valence-corrected chi connectivity index (χ4v) is 7.35. The molecule has 8 heteroatoms. The minimum Gasteiger partial charge on any atom is -0.477 e. The van der Waals surface area contributed by atoms with Crippen LogP contribution in [-0.4, -0.2) is 80.6 Å². The lowest BCUT2D eigenvalue weighted by molar-refractivity contribution is -0.887. The number of quaternary nitrogens is 1. The van der Waals surface area contributed by atoms with Gasteiger partial charge in [0.2, 0.25) is 0 Å². The van der Waals surface area contributed by atoms with E-state index in [9.17, 15) is 19.5 Å². The number of ether oxygens (including phenoxy) is 3. The lowest BCUT2D eigenvalue weighted by Crippen LogP contribution is -2.50. The first-order valence-corrected chi connectivity index (χ1v) is 25.0. The van der Waals surface area contributed by atoms with Gasteiger partial charge in [0.25, 0.3) is 0 Å². The van der Waals surface area contributed by atoms with Gasteiger partial charge in [-0.3, -0.25) is 9.59 Å². The summed E-state index contributed by atoms with van der Waals surface area (Å²) in [5.41, 5.74) is 0. The summed E-state index contributed by atoms with van der Waals surface area (Å²) < 4.78 is 17.3. The minimum absolute atomic E-state index is 0.0531. The van der Waals surface area contributed by atoms with Crippen molar-refractivity contribution in [2.24, 2.45) is 0 Å². The zero-order chi connectivity index (χ0) is 44.2. The molecule has 0 aliphatic carbocycles. The predicted octanol–water partition coefficient (Wildman–Crippen LogP) is 14.2. The summed E-state index contributed by atoms with van der Waals surface area (Å²) in [5.74, 6) is -1.47. The molecule has 0 aromatic carbocycles. The van der Waals surface area contributed by atoms with Crippen LogP contribution in [0.5, 0.6) is 0 Å². The standard InChI is InChI=1S/C52H95NO7/c1-6-8-10-12-14-16-18-20-22-24-25-27-29-31-33-35-37-39-41-43-51(55)60-48(46-58-45-44-49(52(56)57)53(3,4)5)47-59-50(54)42-40-38-36-34-32-30-28-26-23-21-19-17-15-13-11-9-7-2/h14,16,20-23,48-49H,6-13,15,17-19,24-47H2,1-5H3/p+1/b16-14-,22-20-,23-21-. The van der Waals surface area contributed by atoms with Crippen LogP contribution in [0.3, 0.4) is 0 Å². The summed E-state index contributed by atoms with van der Waals surface area (Å²) >= 11 is 0. The Morgan fingerprint density at radius 2 is 0.883 bits per heavy atom. The Labute approximate surface area is 370 Å². The normalized spacial score (nSPS) is 13.2. The number of allylic oxidation sites excluding steroid dienone is 6. The molecule has 350 valence electrons. The van der Waals surface area contributed by atoms with Crippen LogP contribution in [0.25, 0.3) is 0 Å². The number of unbranched alkanes of at least 4 members (excludes halogenated alkanes) is 25. The second-order valence-corrected chi connectivity index (χ2v) is 18.1. The van der Waals surface area contributed by atoms with Gasteiger partial charge in [0.05, 0.1) is 34.4 Å². The number of hydrogen-bond donors (Lipinski definition) is 1. The topological polar surface area (TPSA) is 99.1 Å². The van der Waals surface area contributed by atoms with E-state index in [1.54, 1.807) is 0 Å². The third kappa shape index (κ3) is 40.9. The molecule has 0 aromatic rings. The number of nitrogens with zero attached hydrogens (tertiary/aromatic N) is 1. The van der Waals surface area contributed by atoms with Crippen molar-refractivity contribution in [2.45, 2.75) is 238 Å². The molecule has 0 bridgehead atoms. The monoisotopic (exact) mass is 847 g/mol. The van der Waals surface area contributed by atoms with Gasteiger partial charge in [0.15, 0.2) is 12.1 Å². The average Bonchev–Trinajstić information content (AvgIpc) is 3.21. The number of esters is 2. The number of hydrogen-bond acceptors (Lipinski definition) is 6. The zero-order valence-electron chi connectivity index (χ0n) is 39.9. The van der Waals surface area contributed by atoms with Crippen molar-refractivity contribution in [3.05, 3.63) is 36.5 Å². The Morgan fingerprint density at radius 3 is 1.33 bits per heavy atom. The first kappa shape index (κ1) is 57.5. The molecule has 0 aliphatic rings. The summed E-state index contributed by atoms with van der Waals surface area (Å²) in [6.45, 7) is 4.72. The quantitative estimate of drug-likeness (QED) is 0.0282. The molecular formula is C52H96NO7+. The Hall–Kier alpha value is -2.45. The number of rotatable bonds is 45. The molecule has 0 aliphatic heterocycles. The van der Waals surface area contributed by atoms with Gasteiger partial charge < -0.3 is 23.8 Å². The van der Waals surface area contributed by atoms with Crippen LogP contribution >= 0.6 is 0 Å². The number of carbonyl (C=O) groups is 3. The molecule has 0 rings (SSSR count). The highest BCUT2D eigenvalue weighted by Gasteiger charge is 2.31. The maximum Gasteiger partial charge on any atom is 0.362 e. The summed E-state index contributed by atoms with van der Waals surface area (Å²) in [7, 11) is 5.53. The number of carboxylic acids is 1. The summed E-state index contributed by atoms with van der Waals surface area (Å²) in [6.07, 6.45) is 50.4. The number of aliphatic carboxylic acids is 1. The molecule has 0 fully saturated rings. The Balaban J connectivity index is 4.27. The van der Waals surface area contributed by atoms with Gasteiger partial charge in [-0.2, -0.15) is 0 Å². The van der Waals surface area contributed by atoms with E-state index in [1.165, 1.54) is 148 Å². The first-order valence-electron chi connectivity index (χ1n) is 25.0. The zero-order valence-corrected chi connectivity index (χ0v) is 39.9. The number of carboxylic acid groups (broad SMARTS) is 1. The van der Waals surface area contributed by atoms with Gasteiger partial charge >= 0.3 is 17.9 Å². The first-order chi connectivity index (χ1) is 29.1. The molecule has 0 aromatic heterocycles. The van der Waals surface area contributed by atoms with Crippen LogP contribution in [0.2, 0.25) is 0 Å². The van der Waals surface area contributed by atoms with Crippen LogP contribution in [-0.2, 0) is 28.6 Å². The van der Waals surface area contributed by atoms with Crippen molar-refractivity contribution >= 4 is 17.9 Å². The highest BCUT2D eigenvalue weighted by atomic mass is 16.6. The fraction of sp³-hybridized carbons (Fsp3) is 0.827. The van der Waals surface area contributed by atoms with Crippen molar-refractivity contribution in [3.8, 4) is 0 Å². The molecule has 8 nitrogen and oxygen atoms in total. The second kappa shape index (κ2) is 43.2. The Kier molecular flexibility index (Phi) is 41.4. The highest BCUT2D eigenvalue weighted by molar-refractivity contribution is 5.72.